The number of unbranched alkanes of at least 4 members (excludes halogenated alkanes) is 4. The average Bonchev–Trinajstić information content (AvgIpc) is 2.57. The first-order valence-corrected chi connectivity index (χ1v) is 12.5. The third-order valence-corrected chi connectivity index (χ3v) is 5.43. The van der Waals surface area contributed by atoms with Crippen LogP contribution >= 0.6 is 19.4 Å². The predicted molar refractivity (Wildman–Crippen MR) is 106 cm³/mol. The Morgan fingerprint density at radius 1 is 1.12 bits per heavy atom. The van der Waals surface area contributed by atoms with Crippen molar-refractivity contribution < 1.29 is 28.3 Å². The molecule has 0 aromatic carbocycles. The Labute approximate surface area is 161 Å². The third-order valence-electron chi connectivity index (χ3n) is 3.72. The summed E-state index contributed by atoms with van der Waals surface area (Å²) in [5.41, 5.74) is 0. The number of amides is 1. The fourth-order valence-corrected chi connectivity index (χ4v) is 2.93. The van der Waals surface area contributed by atoms with E-state index in [0.717, 1.165) is 38.5 Å². The molecule has 154 valence electrons. The zero-order chi connectivity index (χ0) is 19.8. The molecule has 0 aromatic rings. The number of ether oxygens (including phenoxy) is 1. The monoisotopic (exact) mass is 411 g/mol. The van der Waals surface area contributed by atoms with Crippen LogP contribution in [0.3, 0.4) is 0 Å². The predicted octanol–water partition coefficient (Wildman–Crippen LogP) is 3.35. The first kappa shape index (κ1) is 25.4. The minimum Gasteiger partial charge on any atom is -0.464 e. The molecule has 0 saturated heterocycles. The largest absolute Gasteiger partial charge is 0.464 e. The maximum absolute atomic E-state index is 11.6. The van der Waals surface area contributed by atoms with E-state index in [4.69, 9.17) is 14.2 Å². The molecular formula is C17H34NO6PS. The molecule has 2 unspecified atom stereocenters. The van der Waals surface area contributed by atoms with Gasteiger partial charge in [-0.3, -0.25) is 14.2 Å². The molecule has 0 saturated carbocycles. The van der Waals surface area contributed by atoms with Gasteiger partial charge in [-0.05, 0) is 25.5 Å². The molecule has 0 aliphatic heterocycles. The average molecular weight is 412 g/mol. The molecule has 0 radical (unpaired) electrons. The molecule has 0 fully saturated rings. The molecule has 9 heteroatoms. The standard InChI is InChI=1S/C17H34NO6PS/c1-15(26-3)10-11-16(19)18-12-14-23-17(20)9-7-5-4-6-8-13-24-25(2,21)22/h15H,4-14H2,1-3H3,(H,18,19)(H,21,22). The summed E-state index contributed by atoms with van der Waals surface area (Å²) < 4.78 is 20.8. The number of thioether (sulfide) groups is 1. The van der Waals surface area contributed by atoms with Crippen molar-refractivity contribution in [3.05, 3.63) is 0 Å². The van der Waals surface area contributed by atoms with E-state index in [-0.39, 0.29) is 25.1 Å². The lowest BCUT2D eigenvalue weighted by Crippen LogP contribution is -2.28. The summed E-state index contributed by atoms with van der Waals surface area (Å²) in [5, 5.41) is 3.22. The van der Waals surface area contributed by atoms with Gasteiger partial charge in [-0.2, -0.15) is 11.8 Å². The highest BCUT2D eigenvalue weighted by atomic mass is 32.2. The molecule has 0 aliphatic rings. The smallest absolute Gasteiger partial charge is 0.325 e. The number of hydrogen-bond acceptors (Lipinski definition) is 6. The molecular weight excluding hydrogens is 377 g/mol. The van der Waals surface area contributed by atoms with E-state index in [1.54, 1.807) is 11.8 Å². The molecule has 0 aromatic heterocycles. The van der Waals surface area contributed by atoms with E-state index >= 15 is 0 Å². The normalized spacial score (nSPS) is 14.5. The van der Waals surface area contributed by atoms with Crippen molar-refractivity contribution in [1.82, 2.24) is 5.32 Å². The van der Waals surface area contributed by atoms with Crippen LogP contribution in [0, 0.1) is 0 Å². The van der Waals surface area contributed by atoms with Gasteiger partial charge < -0.3 is 19.5 Å². The van der Waals surface area contributed by atoms with E-state index in [1.807, 2.05) is 6.26 Å². The van der Waals surface area contributed by atoms with Crippen molar-refractivity contribution in [3.8, 4) is 0 Å². The van der Waals surface area contributed by atoms with Crippen molar-refractivity contribution in [2.75, 3.05) is 32.7 Å². The first-order chi connectivity index (χ1) is 12.2. The lowest BCUT2D eigenvalue weighted by Gasteiger charge is -2.09. The minimum absolute atomic E-state index is 0.00782. The van der Waals surface area contributed by atoms with Gasteiger partial charge in [0.1, 0.15) is 6.61 Å². The maximum Gasteiger partial charge on any atom is 0.325 e. The van der Waals surface area contributed by atoms with Crippen LogP contribution in [0.15, 0.2) is 0 Å². The summed E-state index contributed by atoms with van der Waals surface area (Å²) in [6.07, 6.45) is 7.97. The molecule has 2 atom stereocenters. The van der Waals surface area contributed by atoms with Gasteiger partial charge in [-0.1, -0.05) is 26.2 Å². The highest BCUT2D eigenvalue weighted by molar-refractivity contribution is 7.99. The van der Waals surface area contributed by atoms with E-state index in [9.17, 15) is 14.2 Å². The molecule has 2 N–H and O–H groups in total. The van der Waals surface area contributed by atoms with Gasteiger partial charge in [0.25, 0.3) is 0 Å². The lowest BCUT2D eigenvalue weighted by atomic mass is 10.1. The van der Waals surface area contributed by atoms with Crippen molar-refractivity contribution in [3.63, 3.8) is 0 Å². The molecule has 0 heterocycles. The number of rotatable bonds is 16. The quantitative estimate of drug-likeness (QED) is 0.228. The summed E-state index contributed by atoms with van der Waals surface area (Å²) >= 11 is 1.74. The van der Waals surface area contributed by atoms with Crippen LogP contribution < -0.4 is 5.32 Å². The second-order valence-corrected chi connectivity index (χ2v) is 9.45. The zero-order valence-corrected chi connectivity index (χ0v) is 17.9. The zero-order valence-electron chi connectivity index (χ0n) is 16.2. The van der Waals surface area contributed by atoms with Crippen LogP contribution in [0.2, 0.25) is 0 Å². The summed E-state index contributed by atoms with van der Waals surface area (Å²) in [4.78, 5) is 32.1. The topological polar surface area (TPSA) is 102 Å². The van der Waals surface area contributed by atoms with Crippen LogP contribution in [-0.2, 0) is 23.4 Å². The lowest BCUT2D eigenvalue weighted by molar-refractivity contribution is -0.144. The summed E-state index contributed by atoms with van der Waals surface area (Å²) in [6, 6.07) is 0. The Morgan fingerprint density at radius 2 is 1.77 bits per heavy atom. The van der Waals surface area contributed by atoms with Crippen LogP contribution in [0.4, 0.5) is 0 Å². The molecule has 26 heavy (non-hydrogen) atoms. The Bertz CT molecular complexity index is 443. The number of carbonyl (C=O) groups is 2. The van der Waals surface area contributed by atoms with Gasteiger partial charge in [0, 0.05) is 24.8 Å². The second-order valence-electron chi connectivity index (χ2n) is 6.31. The minimum atomic E-state index is -3.36. The molecule has 0 rings (SSSR count). The fraction of sp³-hybridized carbons (Fsp3) is 0.882. The SMILES string of the molecule is CSC(C)CCC(=O)NCCOC(=O)CCCCCCCOP(C)(=O)O. The third kappa shape index (κ3) is 18.2. The van der Waals surface area contributed by atoms with Gasteiger partial charge in [-0.25, -0.2) is 0 Å². The van der Waals surface area contributed by atoms with Gasteiger partial charge in [0.2, 0.25) is 5.91 Å². The highest BCUT2D eigenvalue weighted by Gasteiger charge is 2.09. The van der Waals surface area contributed by atoms with E-state index in [1.165, 1.54) is 6.66 Å². The van der Waals surface area contributed by atoms with Gasteiger partial charge in [0.15, 0.2) is 0 Å². The summed E-state index contributed by atoms with van der Waals surface area (Å²) in [6.45, 7) is 4.11. The van der Waals surface area contributed by atoms with Gasteiger partial charge in [0.05, 0.1) is 13.2 Å². The van der Waals surface area contributed by atoms with E-state index in [2.05, 4.69) is 12.2 Å². The van der Waals surface area contributed by atoms with Crippen molar-refractivity contribution in [2.24, 2.45) is 0 Å². The first-order valence-electron chi connectivity index (χ1n) is 9.14. The van der Waals surface area contributed by atoms with E-state index < -0.39 is 7.60 Å². The van der Waals surface area contributed by atoms with E-state index in [0.29, 0.717) is 24.6 Å². The summed E-state index contributed by atoms with van der Waals surface area (Å²) in [7, 11) is -3.36. The Kier molecular flexibility index (Phi) is 15.2. The molecule has 0 spiro atoms. The number of nitrogens with one attached hydrogen (secondary N) is 1. The van der Waals surface area contributed by atoms with Crippen LogP contribution in [0.25, 0.3) is 0 Å². The maximum atomic E-state index is 11.6. The van der Waals surface area contributed by atoms with Gasteiger partial charge in [-0.15, -0.1) is 0 Å². The Balaban J connectivity index is 3.42. The second kappa shape index (κ2) is 15.5. The highest BCUT2D eigenvalue weighted by Crippen LogP contribution is 2.36. The van der Waals surface area contributed by atoms with Crippen molar-refractivity contribution in [1.29, 1.82) is 0 Å². The Morgan fingerprint density at radius 3 is 2.42 bits per heavy atom. The van der Waals surface area contributed by atoms with Crippen LogP contribution in [0.5, 0.6) is 0 Å². The number of esters is 1. The number of hydrogen-bond donors (Lipinski definition) is 2. The number of carbonyl (C=O) groups excluding carboxylic acids is 2. The summed E-state index contributed by atoms with van der Waals surface area (Å²) in [5.74, 6) is -0.252. The Hall–Kier alpha value is -0.560. The molecule has 1 amide bonds. The van der Waals surface area contributed by atoms with Gasteiger partial charge >= 0.3 is 13.6 Å². The van der Waals surface area contributed by atoms with Crippen molar-refractivity contribution in [2.45, 2.75) is 63.5 Å². The van der Waals surface area contributed by atoms with Crippen molar-refractivity contribution >= 4 is 31.2 Å². The van der Waals surface area contributed by atoms with Crippen LogP contribution in [-0.4, -0.2) is 54.7 Å². The fourth-order valence-electron chi connectivity index (χ4n) is 2.10. The van der Waals surface area contributed by atoms with Crippen LogP contribution in [0.1, 0.15) is 58.3 Å². The molecule has 0 bridgehead atoms. The molecule has 7 nitrogen and oxygen atoms in total. The molecule has 0 aliphatic carbocycles.